The largest absolute Gasteiger partial charge is 0.364 e. The fourth-order valence-corrected chi connectivity index (χ4v) is 1.62. The summed E-state index contributed by atoms with van der Waals surface area (Å²) < 4.78 is 5.54. The van der Waals surface area contributed by atoms with Gasteiger partial charge in [0.2, 0.25) is 0 Å². The van der Waals surface area contributed by atoms with E-state index in [1.54, 1.807) is 0 Å². The normalized spacial score (nSPS) is 12.6. The first-order valence-electron chi connectivity index (χ1n) is 6.24. The SMILES string of the molecule is CCCCCOC(N)CCc1ccccc1. The Morgan fingerprint density at radius 2 is 1.94 bits per heavy atom. The summed E-state index contributed by atoms with van der Waals surface area (Å²) in [5.41, 5.74) is 7.21. The van der Waals surface area contributed by atoms with Gasteiger partial charge < -0.3 is 10.5 Å². The second-order valence-electron chi connectivity index (χ2n) is 4.14. The second kappa shape index (κ2) is 8.31. The molecule has 0 bridgehead atoms. The summed E-state index contributed by atoms with van der Waals surface area (Å²) in [7, 11) is 0. The highest BCUT2D eigenvalue weighted by Crippen LogP contribution is 2.05. The van der Waals surface area contributed by atoms with Crippen LogP contribution in [0.4, 0.5) is 0 Å². The molecule has 0 saturated heterocycles. The number of hydrogen-bond acceptors (Lipinski definition) is 2. The minimum absolute atomic E-state index is 0.114. The van der Waals surface area contributed by atoms with Crippen molar-refractivity contribution in [1.29, 1.82) is 0 Å². The molecular formula is C14H23NO. The Morgan fingerprint density at radius 1 is 1.19 bits per heavy atom. The lowest BCUT2D eigenvalue weighted by molar-refractivity contribution is 0.0497. The van der Waals surface area contributed by atoms with Crippen LogP contribution in [0.1, 0.15) is 38.2 Å². The van der Waals surface area contributed by atoms with E-state index in [9.17, 15) is 0 Å². The van der Waals surface area contributed by atoms with Crippen LogP contribution in [0.5, 0.6) is 0 Å². The van der Waals surface area contributed by atoms with Gasteiger partial charge in [-0.1, -0.05) is 50.1 Å². The molecule has 0 saturated carbocycles. The topological polar surface area (TPSA) is 35.2 Å². The lowest BCUT2D eigenvalue weighted by Gasteiger charge is -2.12. The van der Waals surface area contributed by atoms with Crippen LogP contribution in [0.3, 0.4) is 0 Å². The summed E-state index contributed by atoms with van der Waals surface area (Å²) in [6, 6.07) is 10.4. The first-order valence-corrected chi connectivity index (χ1v) is 6.24. The van der Waals surface area contributed by atoms with Gasteiger partial charge in [-0.2, -0.15) is 0 Å². The van der Waals surface area contributed by atoms with Crippen LogP contribution in [-0.4, -0.2) is 12.8 Å². The molecule has 0 aliphatic rings. The maximum Gasteiger partial charge on any atom is 0.105 e. The monoisotopic (exact) mass is 221 g/mol. The highest BCUT2D eigenvalue weighted by molar-refractivity contribution is 5.14. The molecule has 0 aromatic heterocycles. The Morgan fingerprint density at radius 3 is 2.62 bits per heavy atom. The van der Waals surface area contributed by atoms with Gasteiger partial charge in [0.05, 0.1) is 0 Å². The van der Waals surface area contributed by atoms with Gasteiger partial charge in [-0.15, -0.1) is 0 Å². The molecule has 0 amide bonds. The van der Waals surface area contributed by atoms with Crippen LogP contribution in [0.25, 0.3) is 0 Å². The maximum absolute atomic E-state index is 5.88. The predicted octanol–water partition coefficient (Wildman–Crippen LogP) is 3.11. The summed E-state index contributed by atoms with van der Waals surface area (Å²) in [6.07, 6.45) is 5.35. The van der Waals surface area contributed by atoms with Gasteiger partial charge in [-0.3, -0.25) is 0 Å². The smallest absolute Gasteiger partial charge is 0.105 e. The number of rotatable bonds is 8. The minimum Gasteiger partial charge on any atom is -0.364 e. The molecule has 2 N–H and O–H groups in total. The van der Waals surface area contributed by atoms with Gasteiger partial charge in [0.25, 0.3) is 0 Å². The number of nitrogens with two attached hydrogens (primary N) is 1. The molecule has 16 heavy (non-hydrogen) atoms. The third kappa shape index (κ3) is 5.89. The van der Waals surface area contributed by atoms with Crippen LogP contribution in [0, 0.1) is 0 Å². The van der Waals surface area contributed by atoms with Gasteiger partial charge in [0, 0.05) is 6.61 Å². The number of hydrogen-bond donors (Lipinski definition) is 1. The Kier molecular flexibility index (Phi) is 6.86. The zero-order chi connectivity index (χ0) is 11.6. The van der Waals surface area contributed by atoms with Gasteiger partial charge in [-0.25, -0.2) is 0 Å². The van der Waals surface area contributed by atoms with E-state index in [2.05, 4.69) is 31.2 Å². The van der Waals surface area contributed by atoms with Crippen LogP contribution >= 0.6 is 0 Å². The summed E-state index contributed by atoms with van der Waals surface area (Å²) in [6.45, 7) is 2.99. The standard InChI is InChI=1S/C14H23NO/c1-2-3-7-12-16-14(15)11-10-13-8-5-4-6-9-13/h4-6,8-9,14H,2-3,7,10-12,15H2,1H3. The molecule has 1 aromatic carbocycles. The van der Waals surface area contributed by atoms with Crippen molar-refractivity contribution in [3.8, 4) is 0 Å². The van der Waals surface area contributed by atoms with E-state index in [1.165, 1.54) is 18.4 Å². The summed E-state index contributed by atoms with van der Waals surface area (Å²) >= 11 is 0. The fraction of sp³-hybridized carbons (Fsp3) is 0.571. The third-order valence-electron chi connectivity index (χ3n) is 2.64. The Labute approximate surface area is 98.8 Å². The molecule has 0 aliphatic carbocycles. The average Bonchev–Trinajstić information content (AvgIpc) is 2.33. The van der Waals surface area contributed by atoms with Crippen LogP contribution in [-0.2, 0) is 11.2 Å². The van der Waals surface area contributed by atoms with Crippen molar-refractivity contribution in [2.75, 3.05) is 6.61 Å². The molecule has 0 heterocycles. The summed E-state index contributed by atoms with van der Waals surface area (Å²) in [5.74, 6) is 0. The van der Waals surface area contributed by atoms with Crippen molar-refractivity contribution in [3.05, 3.63) is 35.9 Å². The highest BCUT2D eigenvalue weighted by atomic mass is 16.5. The van der Waals surface area contributed by atoms with Crippen LogP contribution in [0.2, 0.25) is 0 Å². The van der Waals surface area contributed by atoms with E-state index in [1.807, 2.05) is 6.07 Å². The Bertz CT molecular complexity index is 261. The van der Waals surface area contributed by atoms with E-state index in [0.29, 0.717) is 0 Å². The lowest BCUT2D eigenvalue weighted by Crippen LogP contribution is -2.24. The van der Waals surface area contributed by atoms with Crippen molar-refractivity contribution >= 4 is 0 Å². The molecule has 1 rings (SSSR count). The highest BCUT2D eigenvalue weighted by Gasteiger charge is 2.02. The molecule has 0 spiro atoms. The number of unbranched alkanes of at least 4 members (excludes halogenated alkanes) is 2. The van der Waals surface area contributed by atoms with Crippen LogP contribution in [0.15, 0.2) is 30.3 Å². The van der Waals surface area contributed by atoms with Crippen molar-refractivity contribution in [2.45, 2.75) is 45.3 Å². The van der Waals surface area contributed by atoms with E-state index in [4.69, 9.17) is 10.5 Å². The minimum atomic E-state index is -0.114. The molecule has 0 aliphatic heterocycles. The van der Waals surface area contributed by atoms with E-state index in [0.717, 1.165) is 25.9 Å². The summed E-state index contributed by atoms with van der Waals surface area (Å²) in [4.78, 5) is 0. The molecule has 1 atom stereocenters. The Balaban J connectivity index is 2.08. The molecule has 2 heteroatoms. The second-order valence-corrected chi connectivity index (χ2v) is 4.14. The molecule has 2 nitrogen and oxygen atoms in total. The zero-order valence-corrected chi connectivity index (χ0v) is 10.2. The van der Waals surface area contributed by atoms with Gasteiger partial charge in [0.15, 0.2) is 0 Å². The van der Waals surface area contributed by atoms with Crippen molar-refractivity contribution in [1.82, 2.24) is 0 Å². The maximum atomic E-state index is 5.88. The fourth-order valence-electron chi connectivity index (χ4n) is 1.62. The number of benzene rings is 1. The number of ether oxygens (including phenoxy) is 1. The first-order chi connectivity index (χ1) is 7.83. The van der Waals surface area contributed by atoms with Gasteiger partial charge in [0.1, 0.15) is 6.23 Å². The molecular weight excluding hydrogens is 198 g/mol. The molecule has 1 aromatic rings. The predicted molar refractivity (Wildman–Crippen MR) is 68.2 cm³/mol. The molecule has 0 radical (unpaired) electrons. The summed E-state index contributed by atoms with van der Waals surface area (Å²) in [5, 5.41) is 0. The van der Waals surface area contributed by atoms with Crippen molar-refractivity contribution in [3.63, 3.8) is 0 Å². The molecule has 0 fully saturated rings. The van der Waals surface area contributed by atoms with E-state index < -0.39 is 0 Å². The van der Waals surface area contributed by atoms with E-state index >= 15 is 0 Å². The molecule has 1 unspecified atom stereocenters. The van der Waals surface area contributed by atoms with Gasteiger partial charge >= 0.3 is 0 Å². The average molecular weight is 221 g/mol. The van der Waals surface area contributed by atoms with Crippen LogP contribution < -0.4 is 5.73 Å². The van der Waals surface area contributed by atoms with Crippen molar-refractivity contribution < 1.29 is 4.74 Å². The quantitative estimate of drug-likeness (QED) is 0.541. The van der Waals surface area contributed by atoms with E-state index in [-0.39, 0.29) is 6.23 Å². The van der Waals surface area contributed by atoms with Gasteiger partial charge in [-0.05, 0) is 24.8 Å². The number of aryl methyl sites for hydroxylation is 1. The zero-order valence-electron chi connectivity index (χ0n) is 10.2. The first kappa shape index (κ1) is 13.2. The molecule has 90 valence electrons. The lowest BCUT2D eigenvalue weighted by atomic mass is 10.1. The third-order valence-corrected chi connectivity index (χ3v) is 2.64. The Hall–Kier alpha value is -0.860. The van der Waals surface area contributed by atoms with Crippen molar-refractivity contribution in [2.24, 2.45) is 5.73 Å².